The number of hydrogen-bond acceptors (Lipinski definition) is 4. The SMILES string of the molecule is CC1(O)CCN(C(=O)c2cnccc2N)CC1. The van der Waals surface area contributed by atoms with Gasteiger partial charge in [0.1, 0.15) is 0 Å². The summed E-state index contributed by atoms with van der Waals surface area (Å²) in [6.07, 6.45) is 4.25. The van der Waals surface area contributed by atoms with Gasteiger partial charge in [0.05, 0.1) is 11.2 Å². The van der Waals surface area contributed by atoms with E-state index >= 15 is 0 Å². The highest BCUT2D eigenvalue weighted by molar-refractivity contribution is 5.98. The predicted octanol–water partition coefficient (Wildman–Crippen LogP) is 0.651. The van der Waals surface area contributed by atoms with Crippen LogP contribution in [0.15, 0.2) is 18.5 Å². The van der Waals surface area contributed by atoms with Gasteiger partial charge in [0.2, 0.25) is 0 Å². The van der Waals surface area contributed by atoms with Crippen LogP contribution in [0.25, 0.3) is 0 Å². The van der Waals surface area contributed by atoms with Gasteiger partial charge in [-0.3, -0.25) is 9.78 Å². The first-order valence-corrected chi connectivity index (χ1v) is 5.71. The molecule has 1 aromatic heterocycles. The van der Waals surface area contributed by atoms with E-state index in [-0.39, 0.29) is 5.91 Å². The molecular weight excluding hydrogens is 218 g/mol. The van der Waals surface area contributed by atoms with Crippen molar-refractivity contribution >= 4 is 11.6 Å². The third-order valence-corrected chi connectivity index (χ3v) is 3.21. The minimum Gasteiger partial charge on any atom is -0.398 e. The van der Waals surface area contributed by atoms with Gasteiger partial charge < -0.3 is 15.7 Å². The van der Waals surface area contributed by atoms with E-state index in [4.69, 9.17) is 5.73 Å². The number of carbonyl (C=O) groups excluding carboxylic acids is 1. The van der Waals surface area contributed by atoms with Gasteiger partial charge in [-0.15, -0.1) is 0 Å². The first-order valence-electron chi connectivity index (χ1n) is 5.71. The van der Waals surface area contributed by atoms with E-state index in [1.54, 1.807) is 24.1 Å². The van der Waals surface area contributed by atoms with E-state index in [2.05, 4.69) is 4.98 Å². The van der Waals surface area contributed by atoms with Crippen LogP contribution in [0.4, 0.5) is 5.69 Å². The second-order valence-corrected chi connectivity index (χ2v) is 4.75. The Bertz CT molecular complexity index is 422. The largest absolute Gasteiger partial charge is 0.398 e. The standard InChI is InChI=1S/C12H17N3O2/c1-12(17)3-6-15(7-4-12)11(16)9-8-14-5-2-10(9)13/h2,5,8,17H,3-4,6-7H2,1H3,(H2,13,14). The van der Waals surface area contributed by atoms with Crippen LogP contribution in [-0.4, -0.2) is 39.6 Å². The lowest BCUT2D eigenvalue weighted by Gasteiger charge is -2.35. The molecule has 3 N–H and O–H groups in total. The van der Waals surface area contributed by atoms with Gasteiger partial charge in [-0.2, -0.15) is 0 Å². The Hall–Kier alpha value is -1.62. The lowest BCUT2D eigenvalue weighted by molar-refractivity contribution is -0.00199. The number of piperidine rings is 1. The van der Waals surface area contributed by atoms with Gasteiger partial charge in [-0.25, -0.2) is 0 Å². The lowest BCUT2D eigenvalue weighted by Crippen LogP contribution is -2.45. The molecule has 0 saturated carbocycles. The molecule has 92 valence electrons. The van der Waals surface area contributed by atoms with Gasteiger partial charge in [-0.1, -0.05) is 0 Å². The van der Waals surface area contributed by atoms with Crippen LogP contribution in [0.3, 0.4) is 0 Å². The summed E-state index contributed by atoms with van der Waals surface area (Å²) in [5, 5.41) is 9.82. The molecule has 0 bridgehead atoms. The van der Waals surface area contributed by atoms with Gasteiger partial charge >= 0.3 is 0 Å². The van der Waals surface area contributed by atoms with Crippen molar-refractivity contribution in [2.75, 3.05) is 18.8 Å². The number of aromatic nitrogens is 1. The van der Waals surface area contributed by atoms with Gasteiger partial charge in [-0.05, 0) is 25.8 Å². The molecule has 0 aliphatic carbocycles. The van der Waals surface area contributed by atoms with Crippen molar-refractivity contribution in [2.24, 2.45) is 0 Å². The normalized spacial score (nSPS) is 19.1. The van der Waals surface area contributed by atoms with E-state index in [9.17, 15) is 9.90 Å². The highest BCUT2D eigenvalue weighted by atomic mass is 16.3. The number of nitrogens with two attached hydrogens (primary N) is 1. The molecule has 2 heterocycles. The fourth-order valence-corrected chi connectivity index (χ4v) is 1.95. The van der Waals surface area contributed by atoms with Crippen molar-refractivity contribution in [3.63, 3.8) is 0 Å². The summed E-state index contributed by atoms with van der Waals surface area (Å²) in [7, 11) is 0. The van der Waals surface area contributed by atoms with Crippen molar-refractivity contribution in [3.8, 4) is 0 Å². The Balaban J connectivity index is 2.10. The topological polar surface area (TPSA) is 79.5 Å². The maximum atomic E-state index is 12.2. The van der Waals surface area contributed by atoms with E-state index < -0.39 is 5.60 Å². The molecule has 0 aromatic carbocycles. The quantitative estimate of drug-likeness (QED) is 0.749. The lowest BCUT2D eigenvalue weighted by atomic mass is 9.93. The fourth-order valence-electron chi connectivity index (χ4n) is 1.95. The fraction of sp³-hybridized carbons (Fsp3) is 0.500. The number of hydrogen-bond donors (Lipinski definition) is 2. The minimum atomic E-state index is -0.655. The van der Waals surface area contributed by atoms with Crippen LogP contribution in [0.1, 0.15) is 30.1 Å². The summed E-state index contributed by atoms with van der Waals surface area (Å²) in [4.78, 5) is 17.8. The molecule has 1 amide bonds. The number of rotatable bonds is 1. The summed E-state index contributed by atoms with van der Waals surface area (Å²) in [6, 6.07) is 1.62. The van der Waals surface area contributed by atoms with Crippen LogP contribution in [0.2, 0.25) is 0 Å². The molecule has 0 spiro atoms. The van der Waals surface area contributed by atoms with E-state index in [1.165, 1.54) is 6.20 Å². The van der Waals surface area contributed by atoms with Crippen LogP contribution < -0.4 is 5.73 Å². The Morgan fingerprint density at radius 3 is 2.76 bits per heavy atom. The number of amides is 1. The van der Waals surface area contributed by atoms with Crippen molar-refractivity contribution < 1.29 is 9.90 Å². The number of aliphatic hydroxyl groups is 1. The highest BCUT2D eigenvalue weighted by Gasteiger charge is 2.30. The van der Waals surface area contributed by atoms with Crippen LogP contribution in [-0.2, 0) is 0 Å². The summed E-state index contributed by atoms with van der Waals surface area (Å²) >= 11 is 0. The molecule has 0 atom stereocenters. The molecule has 2 rings (SSSR count). The highest BCUT2D eigenvalue weighted by Crippen LogP contribution is 2.23. The maximum Gasteiger partial charge on any atom is 0.257 e. The summed E-state index contributed by atoms with van der Waals surface area (Å²) in [5.41, 5.74) is 5.97. The van der Waals surface area contributed by atoms with Crippen molar-refractivity contribution in [2.45, 2.75) is 25.4 Å². The monoisotopic (exact) mass is 235 g/mol. The van der Waals surface area contributed by atoms with Crippen molar-refractivity contribution in [1.82, 2.24) is 9.88 Å². The smallest absolute Gasteiger partial charge is 0.257 e. The molecule has 1 fully saturated rings. The Labute approximate surface area is 100 Å². The van der Waals surface area contributed by atoms with Crippen molar-refractivity contribution in [3.05, 3.63) is 24.0 Å². The van der Waals surface area contributed by atoms with Gasteiger partial charge in [0, 0.05) is 31.2 Å². The first-order chi connectivity index (χ1) is 7.99. The molecular formula is C12H17N3O2. The molecule has 17 heavy (non-hydrogen) atoms. The molecule has 0 radical (unpaired) electrons. The Morgan fingerprint density at radius 2 is 2.18 bits per heavy atom. The predicted molar refractivity (Wildman–Crippen MR) is 64.4 cm³/mol. The van der Waals surface area contributed by atoms with Gasteiger partial charge in [0.15, 0.2) is 0 Å². The van der Waals surface area contributed by atoms with Crippen LogP contribution in [0, 0.1) is 0 Å². The number of likely N-dealkylation sites (tertiary alicyclic amines) is 1. The molecule has 1 saturated heterocycles. The first kappa shape index (κ1) is 11.9. The number of pyridine rings is 1. The van der Waals surface area contributed by atoms with E-state index in [0.29, 0.717) is 37.2 Å². The van der Waals surface area contributed by atoms with E-state index in [1.807, 2.05) is 0 Å². The third-order valence-electron chi connectivity index (χ3n) is 3.21. The van der Waals surface area contributed by atoms with Crippen molar-refractivity contribution in [1.29, 1.82) is 0 Å². The van der Waals surface area contributed by atoms with Crippen LogP contribution >= 0.6 is 0 Å². The summed E-state index contributed by atoms with van der Waals surface area (Å²) < 4.78 is 0. The average molecular weight is 235 g/mol. The maximum absolute atomic E-state index is 12.2. The Kier molecular flexibility index (Phi) is 3.02. The third kappa shape index (κ3) is 2.55. The molecule has 1 aliphatic heterocycles. The number of nitrogens with zero attached hydrogens (tertiary/aromatic N) is 2. The zero-order valence-electron chi connectivity index (χ0n) is 9.89. The zero-order valence-corrected chi connectivity index (χ0v) is 9.89. The molecule has 5 heteroatoms. The molecule has 1 aliphatic rings. The number of nitrogen functional groups attached to an aromatic ring is 1. The average Bonchev–Trinajstić information content (AvgIpc) is 2.29. The number of anilines is 1. The summed E-state index contributed by atoms with van der Waals surface area (Å²) in [5.74, 6) is -0.105. The molecule has 5 nitrogen and oxygen atoms in total. The van der Waals surface area contributed by atoms with E-state index in [0.717, 1.165) is 0 Å². The van der Waals surface area contributed by atoms with Gasteiger partial charge in [0.25, 0.3) is 5.91 Å². The molecule has 0 unspecified atom stereocenters. The minimum absolute atomic E-state index is 0.105. The number of carbonyl (C=O) groups is 1. The Morgan fingerprint density at radius 1 is 1.53 bits per heavy atom. The summed E-state index contributed by atoms with van der Waals surface area (Å²) in [6.45, 7) is 2.91. The molecule has 1 aromatic rings. The zero-order chi connectivity index (χ0) is 12.5. The second-order valence-electron chi connectivity index (χ2n) is 4.75. The van der Waals surface area contributed by atoms with Crippen LogP contribution in [0.5, 0.6) is 0 Å². The second kappa shape index (κ2) is 4.33.